The van der Waals surface area contributed by atoms with Gasteiger partial charge in [0.25, 0.3) is 5.91 Å². The Morgan fingerprint density at radius 3 is 2.33 bits per heavy atom. The number of nitrogens with zero attached hydrogens (tertiary/aromatic N) is 2. The van der Waals surface area contributed by atoms with Gasteiger partial charge in [-0.25, -0.2) is 4.98 Å². The summed E-state index contributed by atoms with van der Waals surface area (Å²) in [5, 5.41) is 0.568. The Morgan fingerprint density at radius 1 is 1.08 bits per heavy atom. The van der Waals surface area contributed by atoms with Crippen LogP contribution in [0.25, 0.3) is 11.3 Å². The van der Waals surface area contributed by atoms with Crippen molar-refractivity contribution in [3.8, 4) is 11.3 Å². The molecule has 0 aliphatic rings. The van der Waals surface area contributed by atoms with Gasteiger partial charge in [-0.15, -0.1) is 11.3 Å². The van der Waals surface area contributed by atoms with E-state index < -0.39 is 0 Å². The molecule has 0 fully saturated rings. The summed E-state index contributed by atoms with van der Waals surface area (Å²) in [7, 11) is 1.79. The standard InChI is InChI=1S/C19H19N3OS/c1-12-6-4-5-7-16(12)18(23)22(3)15-10-8-14(9-11-15)17-13(2)24-19(20)21-17/h4-11H,1-3H3,(H2,20,21). The van der Waals surface area contributed by atoms with Gasteiger partial charge in [-0.05, 0) is 37.6 Å². The number of hydrogen-bond donors (Lipinski definition) is 1. The van der Waals surface area contributed by atoms with Crippen LogP contribution >= 0.6 is 11.3 Å². The zero-order valence-corrected chi connectivity index (χ0v) is 14.7. The Morgan fingerprint density at radius 2 is 1.75 bits per heavy atom. The molecule has 2 N–H and O–H groups in total. The molecular weight excluding hydrogens is 318 g/mol. The number of aromatic nitrogens is 1. The van der Waals surface area contributed by atoms with Crippen LogP contribution in [0.5, 0.6) is 0 Å². The van der Waals surface area contributed by atoms with Gasteiger partial charge in [-0.1, -0.05) is 30.3 Å². The molecule has 0 aliphatic carbocycles. The van der Waals surface area contributed by atoms with E-state index in [4.69, 9.17) is 5.73 Å². The maximum absolute atomic E-state index is 12.7. The Hall–Kier alpha value is -2.66. The number of nitrogen functional groups attached to an aromatic ring is 1. The molecule has 0 aliphatic heterocycles. The fourth-order valence-electron chi connectivity index (χ4n) is 2.64. The average molecular weight is 337 g/mol. The number of hydrogen-bond acceptors (Lipinski definition) is 4. The van der Waals surface area contributed by atoms with E-state index in [-0.39, 0.29) is 5.91 Å². The molecule has 0 atom stereocenters. The molecule has 0 saturated heterocycles. The van der Waals surface area contributed by atoms with E-state index >= 15 is 0 Å². The second-order valence-corrected chi connectivity index (χ2v) is 6.92. The topological polar surface area (TPSA) is 59.2 Å². The molecule has 3 aromatic rings. The fraction of sp³-hybridized carbons (Fsp3) is 0.158. The van der Waals surface area contributed by atoms with Crippen LogP contribution in [0, 0.1) is 13.8 Å². The summed E-state index contributed by atoms with van der Waals surface area (Å²) in [4.78, 5) is 19.8. The van der Waals surface area contributed by atoms with Crippen LogP contribution in [0.4, 0.5) is 10.8 Å². The fourth-order valence-corrected chi connectivity index (χ4v) is 3.35. The lowest BCUT2D eigenvalue weighted by Crippen LogP contribution is -2.26. The number of carbonyl (C=O) groups is 1. The van der Waals surface area contributed by atoms with Gasteiger partial charge in [0.05, 0.1) is 5.69 Å². The number of benzene rings is 2. The average Bonchev–Trinajstić information content (AvgIpc) is 2.92. The predicted octanol–water partition coefficient (Wildman–Crippen LogP) is 4.29. The molecule has 0 saturated carbocycles. The van der Waals surface area contributed by atoms with Crippen molar-refractivity contribution in [3.63, 3.8) is 0 Å². The first-order chi connectivity index (χ1) is 11.5. The van der Waals surface area contributed by atoms with Gasteiger partial charge in [-0.2, -0.15) is 0 Å². The van der Waals surface area contributed by atoms with Crippen molar-refractivity contribution in [1.82, 2.24) is 4.98 Å². The van der Waals surface area contributed by atoms with Crippen molar-refractivity contribution >= 4 is 28.1 Å². The first-order valence-electron chi connectivity index (χ1n) is 7.64. The van der Waals surface area contributed by atoms with Gasteiger partial charge in [-0.3, -0.25) is 4.79 Å². The number of anilines is 2. The van der Waals surface area contributed by atoms with E-state index in [1.54, 1.807) is 11.9 Å². The summed E-state index contributed by atoms with van der Waals surface area (Å²) in [6, 6.07) is 15.4. The second-order valence-electron chi connectivity index (χ2n) is 5.68. The van der Waals surface area contributed by atoms with Gasteiger partial charge in [0.2, 0.25) is 0 Å². The molecule has 4 nitrogen and oxygen atoms in total. The molecule has 122 valence electrons. The molecule has 0 bridgehead atoms. The minimum absolute atomic E-state index is 0.0186. The molecule has 24 heavy (non-hydrogen) atoms. The number of thiazole rings is 1. The van der Waals surface area contributed by atoms with Gasteiger partial charge in [0.1, 0.15) is 0 Å². The summed E-state index contributed by atoms with van der Waals surface area (Å²) >= 11 is 1.48. The molecule has 1 amide bonds. The Balaban J connectivity index is 1.86. The lowest BCUT2D eigenvalue weighted by atomic mass is 10.1. The van der Waals surface area contributed by atoms with E-state index in [1.807, 2.05) is 62.4 Å². The van der Waals surface area contributed by atoms with Gasteiger partial charge in [0, 0.05) is 28.7 Å². The quantitative estimate of drug-likeness (QED) is 0.776. The first-order valence-corrected chi connectivity index (χ1v) is 8.46. The zero-order valence-electron chi connectivity index (χ0n) is 13.9. The van der Waals surface area contributed by atoms with Crippen LogP contribution in [0.2, 0.25) is 0 Å². The SMILES string of the molecule is Cc1ccccc1C(=O)N(C)c1ccc(-c2nc(N)sc2C)cc1. The van der Waals surface area contributed by atoms with Crippen molar-refractivity contribution in [2.24, 2.45) is 0 Å². The minimum atomic E-state index is -0.0186. The highest BCUT2D eigenvalue weighted by Crippen LogP contribution is 2.30. The lowest BCUT2D eigenvalue weighted by Gasteiger charge is -2.18. The molecular formula is C19H19N3OS. The largest absolute Gasteiger partial charge is 0.375 e. The van der Waals surface area contributed by atoms with Gasteiger partial charge >= 0.3 is 0 Å². The summed E-state index contributed by atoms with van der Waals surface area (Å²) < 4.78 is 0. The Labute approximate surface area is 145 Å². The third kappa shape index (κ3) is 3.03. The number of amides is 1. The Kier molecular flexibility index (Phi) is 4.36. The first kappa shape index (κ1) is 16.2. The van der Waals surface area contributed by atoms with Crippen LogP contribution in [0.3, 0.4) is 0 Å². The van der Waals surface area contributed by atoms with E-state index in [2.05, 4.69) is 4.98 Å². The smallest absolute Gasteiger partial charge is 0.258 e. The minimum Gasteiger partial charge on any atom is -0.375 e. The third-order valence-electron chi connectivity index (χ3n) is 4.02. The van der Waals surface area contributed by atoms with E-state index in [0.717, 1.165) is 27.4 Å². The van der Waals surface area contributed by atoms with Crippen molar-refractivity contribution in [1.29, 1.82) is 0 Å². The molecule has 0 spiro atoms. The zero-order chi connectivity index (χ0) is 17.3. The van der Waals surface area contributed by atoms with Crippen LogP contribution < -0.4 is 10.6 Å². The summed E-state index contributed by atoms with van der Waals surface area (Å²) in [5.74, 6) is -0.0186. The summed E-state index contributed by atoms with van der Waals surface area (Å²) in [6.45, 7) is 3.95. The predicted molar refractivity (Wildman–Crippen MR) is 101 cm³/mol. The maximum Gasteiger partial charge on any atom is 0.258 e. The number of aryl methyl sites for hydroxylation is 2. The molecule has 2 aromatic carbocycles. The van der Waals surface area contributed by atoms with Crippen molar-refractivity contribution < 1.29 is 4.79 Å². The molecule has 3 rings (SSSR count). The van der Waals surface area contributed by atoms with E-state index in [1.165, 1.54) is 11.3 Å². The summed E-state index contributed by atoms with van der Waals surface area (Å²) in [6.07, 6.45) is 0. The van der Waals surface area contributed by atoms with Gasteiger partial charge < -0.3 is 10.6 Å². The number of rotatable bonds is 3. The summed E-state index contributed by atoms with van der Waals surface area (Å²) in [5.41, 5.74) is 10.2. The molecule has 0 radical (unpaired) electrons. The van der Waals surface area contributed by atoms with Gasteiger partial charge in [0.15, 0.2) is 5.13 Å². The van der Waals surface area contributed by atoms with Crippen LogP contribution in [0.15, 0.2) is 48.5 Å². The highest BCUT2D eigenvalue weighted by molar-refractivity contribution is 7.15. The van der Waals surface area contributed by atoms with Crippen molar-refractivity contribution in [2.75, 3.05) is 17.7 Å². The van der Waals surface area contributed by atoms with E-state index in [9.17, 15) is 4.79 Å². The van der Waals surface area contributed by atoms with Crippen LogP contribution in [-0.4, -0.2) is 17.9 Å². The maximum atomic E-state index is 12.7. The molecule has 5 heteroatoms. The van der Waals surface area contributed by atoms with Crippen molar-refractivity contribution in [3.05, 3.63) is 64.5 Å². The number of carbonyl (C=O) groups excluding carboxylic acids is 1. The van der Waals surface area contributed by atoms with Crippen LogP contribution in [-0.2, 0) is 0 Å². The third-order valence-corrected chi connectivity index (χ3v) is 4.82. The monoisotopic (exact) mass is 337 g/mol. The van der Waals surface area contributed by atoms with E-state index in [0.29, 0.717) is 10.7 Å². The highest BCUT2D eigenvalue weighted by atomic mass is 32.1. The molecule has 0 unspecified atom stereocenters. The second kappa shape index (κ2) is 6.45. The van der Waals surface area contributed by atoms with Crippen LogP contribution in [0.1, 0.15) is 20.8 Å². The lowest BCUT2D eigenvalue weighted by molar-refractivity contribution is 0.0992. The molecule has 1 heterocycles. The highest BCUT2D eigenvalue weighted by Gasteiger charge is 2.16. The van der Waals surface area contributed by atoms with Crippen molar-refractivity contribution in [2.45, 2.75) is 13.8 Å². The number of nitrogens with two attached hydrogens (primary N) is 1. The molecule has 1 aromatic heterocycles. The normalized spacial score (nSPS) is 10.6. The Bertz CT molecular complexity index is 884.